The summed E-state index contributed by atoms with van der Waals surface area (Å²) in [5.41, 5.74) is 5.85. The Morgan fingerprint density at radius 3 is 2.32 bits per heavy atom. The average Bonchev–Trinajstić information content (AvgIpc) is 2.64. The summed E-state index contributed by atoms with van der Waals surface area (Å²) >= 11 is 0. The zero-order chi connectivity index (χ0) is 19.9. The summed E-state index contributed by atoms with van der Waals surface area (Å²) in [4.78, 5) is 12.1. The number of halogens is 1. The highest BCUT2D eigenvalue weighted by Crippen LogP contribution is 2.30. The minimum Gasteiger partial charge on any atom is -0.490 e. The van der Waals surface area contributed by atoms with Crippen LogP contribution in [0, 0.1) is 0 Å². The molecule has 1 aromatic rings. The van der Waals surface area contributed by atoms with Crippen molar-refractivity contribution < 1.29 is 22.7 Å². The van der Waals surface area contributed by atoms with Gasteiger partial charge in [0.05, 0.1) is 24.7 Å². The first-order valence-electron chi connectivity index (χ1n) is 9.30. The van der Waals surface area contributed by atoms with Gasteiger partial charge in [-0.05, 0) is 51.7 Å². The van der Waals surface area contributed by atoms with Crippen LogP contribution in [0.25, 0.3) is 0 Å². The molecule has 1 aliphatic rings. The zero-order valence-corrected chi connectivity index (χ0v) is 17.9. The van der Waals surface area contributed by atoms with Gasteiger partial charge in [-0.25, -0.2) is 13.1 Å². The molecule has 1 saturated carbocycles. The number of ether oxygens (including phenoxy) is 2. The van der Waals surface area contributed by atoms with Crippen molar-refractivity contribution in [2.24, 2.45) is 5.73 Å². The van der Waals surface area contributed by atoms with Crippen LogP contribution >= 0.6 is 12.4 Å². The number of benzene rings is 1. The van der Waals surface area contributed by atoms with Gasteiger partial charge in [-0.1, -0.05) is 0 Å². The van der Waals surface area contributed by atoms with E-state index in [1.165, 1.54) is 12.1 Å². The maximum Gasteiger partial charge on any atom is 0.241 e. The number of nitrogens with two attached hydrogens (primary N) is 1. The van der Waals surface area contributed by atoms with E-state index in [1.807, 2.05) is 6.92 Å². The van der Waals surface area contributed by atoms with Gasteiger partial charge < -0.3 is 20.5 Å². The third-order valence-corrected chi connectivity index (χ3v) is 5.78. The molecule has 2 rings (SSSR count). The molecule has 160 valence electrons. The van der Waals surface area contributed by atoms with E-state index in [0.717, 1.165) is 25.7 Å². The second-order valence-electron chi connectivity index (χ2n) is 6.48. The molecule has 1 aliphatic carbocycles. The van der Waals surface area contributed by atoms with E-state index in [4.69, 9.17) is 15.2 Å². The van der Waals surface area contributed by atoms with Crippen LogP contribution in [0.1, 0.15) is 39.5 Å². The number of carbonyl (C=O) groups is 1. The lowest BCUT2D eigenvalue weighted by molar-refractivity contribution is -0.120. The van der Waals surface area contributed by atoms with E-state index in [2.05, 4.69) is 10.0 Å². The van der Waals surface area contributed by atoms with Crippen molar-refractivity contribution in [2.45, 2.75) is 56.5 Å². The van der Waals surface area contributed by atoms with Crippen molar-refractivity contribution >= 4 is 28.3 Å². The van der Waals surface area contributed by atoms with Crippen LogP contribution in [0.5, 0.6) is 11.5 Å². The summed E-state index contributed by atoms with van der Waals surface area (Å²) in [7, 11) is -3.84. The van der Waals surface area contributed by atoms with Gasteiger partial charge in [-0.3, -0.25) is 4.79 Å². The van der Waals surface area contributed by atoms with Crippen molar-refractivity contribution in [2.75, 3.05) is 19.8 Å². The Balaban J connectivity index is 0.00000392. The standard InChI is InChI=1S/C18H29N3O5S.ClH/c1-3-25-16-10-9-15(11-17(16)26-4-2)27(23,24)20-12-18(22)21-14-7-5-13(19)6-8-14;/h9-11,13-14,20H,3-8,12,19H2,1-2H3,(H,21,22);1H. The molecule has 1 aromatic carbocycles. The predicted octanol–water partition coefficient (Wildman–Crippen LogP) is 1.57. The molecule has 1 fully saturated rings. The van der Waals surface area contributed by atoms with Crippen molar-refractivity contribution in [3.63, 3.8) is 0 Å². The minimum atomic E-state index is -3.84. The Bertz CT molecular complexity index is 737. The lowest BCUT2D eigenvalue weighted by atomic mass is 9.92. The zero-order valence-electron chi connectivity index (χ0n) is 16.3. The first kappa shape index (κ1) is 24.5. The summed E-state index contributed by atoms with van der Waals surface area (Å²) in [5, 5.41) is 2.85. The Morgan fingerprint density at radius 2 is 1.71 bits per heavy atom. The van der Waals surface area contributed by atoms with Gasteiger partial charge in [0.25, 0.3) is 0 Å². The number of hydrogen-bond acceptors (Lipinski definition) is 6. The molecule has 0 bridgehead atoms. The fourth-order valence-electron chi connectivity index (χ4n) is 2.98. The molecule has 28 heavy (non-hydrogen) atoms. The molecule has 10 heteroatoms. The van der Waals surface area contributed by atoms with Crippen molar-refractivity contribution in [3.05, 3.63) is 18.2 Å². The van der Waals surface area contributed by atoms with E-state index in [9.17, 15) is 13.2 Å². The van der Waals surface area contributed by atoms with Gasteiger partial charge in [-0.2, -0.15) is 0 Å². The highest BCUT2D eigenvalue weighted by atomic mass is 35.5. The second kappa shape index (κ2) is 11.5. The molecule has 0 unspecified atom stereocenters. The van der Waals surface area contributed by atoms with Crippen LogP contribution in [0.15, 0.2) is 23.1 Å². The topological polar surface area (TPSA) is 120 Å². The molecule has 0 aliphatic heterocycles. The normalized spacial score (nSPS) is 19.4. The van der Waals surface area contributed by atoms with Crippen LogP contribution in [0.4, 0.5) is 0 Å². The summed E-state index contributed by atoms with van der Waals surface area (Å²) in [5.74, 6) is 0.479. The second-order valence-corrected chi connectivity index (χ2v) is 8.25. The van der Waals surface area contributed by atoms with E-state index in [1.54, 1.807) is 13.0 Å². The molecular weight excluding hydrogens is 406 g/mol. The number of nitrogens with one attached hydrogen (secondary N) is 2. The SMILES string of the molecule is CCOc1ccc(S(=O)(=O)NCC(=O)NC2CCC(N)CC2)cc1OCC.Cl. The summed E-state index contributed by atoms with van der Waals surface area (Å²) in [6.45, 7) is 4.14. The van der Waals surface area contributed by atoms with Gasteiger partial charge in [-0.15, -0.1) is 12.4 Å². The Kier molecular flexibility index (Phi) is 10.0. The van der Waals surface area contributed by atoms with E-state index in [-0.39, 0.29) is 41.8 Å². The van der Waals surface area contributed by atoms with Gasteiger partial charge >= 0.3 is 0 Å². The predicted molar refractivity (Wildman–Crippen MR) is 110 cm³/mol. The molecule has 0 atom stereocenters. The number of carbonyl (C=O) groups excluding carboxylic acids is 1. The minimum absolute atomic E-state index is 0. The lowest BCUT2D eigenvalue weighted by Gasteiger charge is -2.26. The maximum atomic E-state index is 12.5. The third kappa shape index (κ3) is 7.12. The molecule has 0 radical (unpaired) electrons. The molecule has 0 heterocycles. The largest absolute Gasteiger partial charge is 0.490 e. The van der Waals surface area contributed by atoms with Crippen molar-refractivity contribution in [1.82, 2.24) is 10.0 Å². The molecule has 4 N–H and O–H groups in total. The molecule has 8 nitrogen and oxygen atoms in total. The van der Waals surface area contributed by atoms with Gasteiger partial charge in [0, 0.05) is 18.2 Å². The van der Waals surface area contributed by atoms with Crippen molar-refractivity contribution in [3.8, 4) is 11.5 Å². The molecular formula is C18H30ClN3O5S. The summed E-state index contributed by atoms with van der Waals surface area (Å²) in [6.07, 6.45) is 3.36. The van der Waals surface area contributed by atoms with E-state index in [0.29, 0.717) is 24.7 Å². The number of amides is 1. The van der Waals surface area contributed by atoms with Gasteiger partial charge in [0.1, 0.15) is 0 Å². The van der Waals surface area contributed by atoms with E-state index >= 15 is 0 Å². The molecule has 0 aromatic heterocycles. The smallest absolute Gasteiger partial charge is 0.241 e. The molecule has 1 amide bonds. The van der Waals surface area contributed by atoms with Crippen LogP contribution in [0.2, 0.25) is 0 Å². The van der Waals surface area contributed by atoms with Crippen LogP contribution in [-0.4, -0.2) is 46.2 Å². The Labute approximate surface area is 173 Å². The summed E-state index contributed by atoms with van der Waals surface area (Å²) < 4.78 is 38.2. The van der Waals surface area contributed by atoms with E-state index < -0.39 is 10.0 Å². The molecule has 0 spiro atoms. The first-order chi connectivity index (χ1) is 12.9. The number of sulfonamides is 1. The van der Waals surface area contributed by atoms with Crippen LogP contribution in [-0.2, 0) is 14.8 Å². The van der Waals surface area contributed by atoms with Gasteiger partial charge in [0.2, 0.25) is 15.9 Å². The first-order valence-corrected chi connectivity index (χ1v) is 10.8. The monoisotopic (exact) mass is 435 g/mol. The molecule has 0 saturated heterocycles. The fourth-order valence-corrected chi connectivity index (χ4v) is 3.98. The van der Waals surface area contributed by atoms with Crippen LogP contribution in [0.3, 0.4) is 0 Å². The summed E-state index contributed by atoms with van der Waals surface area (Å²) in [6, 6.07) is 4.62. The van der Waals surface area contributed by atoms with Crippen molar-refractivity contribution in [1.29, 1.82) is 0 Å². The Hall–Kier alpha value is -1.55. The van der Waals surface area contributed by atoms with Crippen LogP contribution < -0.4 is 25.2 Å². The number of rotatable bonds is 9. The Morgan fingerprint density at radius 1 is 1.11 bits per heavy atom. The fraction of sp³-hybridized carbons (Fsp3) is 0.611. The third-order valence-electron chi connectivity index (χ3n) is 4.38. The average molecular weight is 436 g/mol. The maximum absolute atomic E-state index is 12.5. The highest BCUT2D eigenvalue weighted by Gasteiger charge is 2.22. The number of hydrogen-bond donors (Lipinski definition) is 3. The quantitative estimate of drug-likeness (QED) is 0.541. The highest BCUT2D eigenvalue weighted by molar-refractivity contribution is 7.89. The van der Waals surface area contributed by atoms with Gasteiger partial charge in [0.15, 0.2) is 11.5 Å². The lowest BCUT2D eigenvalue weighted by Crippen LogP contribution is -2.44.